The number of benzene rings is 1. The lowest BCUT2D eigenvalue weighted by Crippen LogP contribution is -2.38. The minimum Gasteiger partial charge on any atom is -0.396 e. The Labute approximate surface area is 135 Å². The van der Waals surface area contributed by atoms with Gasteiger partial charge in [-0.05, 0) is 25.0 Å². The van der Waals surface area contributed by atoms with E-state index >= 15 is 0 Å². The summed E-state index contributed by atoms with van der Waals surface area (Å²) >= 11 is 7.67. The van der Waals surface area contributed by atoms with Gasteiger partial charge in [0.1, 0.15) is 0 Å². The summed E-state index contributed by atoms with van der Waals surface area (Å²) in [7, 11) is 0. The van der Waals surface area contributed by atoms with Crippen LogP contribution in [0.2, 0.25) is 5.02 Å². The number of hydrogen-bond donors (Lipinski definition) is 2. The van der Waals surface area contributed by atoms with E-state index in [4.69, 9.17) is 11.6 Å². The number of rotatable bonds is 7. The number of carbonyl (C=O) groups excluding carboxylic acids is 1. The molecule has 0 radical (unpaired) electrons. The Kier molecular flexibility index (Phi) is 6.40. The predicted octanol–water partition coefficient (Wildman–Crippen LogP) is 3.49. The zero-order chi connectivity index (χ0) is 15.1. The van der Waals surface area contributed by atoms with Crippen LogP contribution in [0.5, 0.6) is 0 Å². The normalized spacial score (nSPS) is 16.9. The van der Waals surface area contributed by atoms with E-state index in [0.29, 0.717) is 18.7 Å². The molecular formula is C16H22ClNO2S. The summed E-state index contributed by atoms with van der Waals surface area (Å²) in [5, 5.41) is 13.2. The fraction of sp³-hybridized carbons (Fsp3) is 0.562. The molecule has 0 atom stereocenters. The van der Waals surface area contributed by atoms with Gasteiger partial charge in [-0.3, -0.25) is 4.79 Å². The third kappa shape index (κ3) is 4.90. The van der Waals surface area contributed by atoms with E-state index in [-0.39, 0.29) is 17.9 Å². The van der Waals surface area contributed by atoms with Gasteiger partial charge in [-0.25, -0.2) is 0 Å². The number of carbonyl (C=O) groups is 1. The highest BCUT2D eigenvalue weighted by Gasteiger charge is 2.33. The van der Waals surface area contributed by atoms with E-state index in [9.17, 15) is 9.90 Å². The second kappa shape index (κ2) is 8.06. The molecule has 5 heteroatoms. The molecule has 1 fully saturated rings. The van der Waals surface area contributed by atoms with Gasteiger partial charge in [-0.1, -0.05) is 36.6 Å². The molecule has 1 aromatic carbocycles. The summed E-state index contributed by atoms with van der Waals surface area (Å²) in [4.78, 5) is 12.9. The van der Waals surface area contributed by atoms with E-state index in [0.717, 1.165) is 35.6 Å². The fourth-order valence-electron chi connectivity index (χ4n) is 2.71. The van der Waals surface area contributed by atoms with Gasteiger partial charge in [0.15, 0.2) is 0 Å². The molecule has 2 rings (SSSR count). The van der Waals surface area contributed by atoms with Gasteiger partial charge in [0.2, 0.25) is 5.91 Å². The largest absolute Gasteiger partial charge is 0.396 e. The first-order valence-corrected chi connectivity index (χ1v) is 8.76. The van der Waals surface area contributed by atoms with Gasteiger partial charge in [0.05, 0.1) is 11.6 Å². The smallest absolute Gasteiger partial charge is 0.220 e. The summed E-state index contributed by atoms with van der Waals surface area (Å²) in [6.07, 6.45) is 4.80. The van der Waals surface area contributed by atoms with E-state index in [1.54, 1.807) is 11.8 Å². The van der Waals surface area contributed by atoms with Crippen molar-refractivity contribution in [3.05, 3.63) is 29.3 Å². The maximum absolute atomic E-state index is 11.9. The van der Waals surface area contributed by atoms with Gasteiger partial charge in [-0.15, -0.1) is 11.8 Å². The number of amides is 1. The summed E-state index contributed by atoms with van der Waals surface area (Å²) < 4.78 is 0. The second-order valence-corrected chi connectivity index (χ2v) is 7.21. The third-order valence-corrected chi connectivity index (χ3v) is 5.60. The Morgan fingerprint density at radius 3 is 2.71 bits per heavy atom. The van der Waals surface area contributed by atoms with Crippen molar-refractivity contribution >= 4 is 29.3 Å². The number of halogens is 1. The van der Waals surface area contributed by atoms with Crippen molar-refractivity contribution in [3.63, 3.8) is 0 Å². The molecule has 0 unspecified atom stereocenters. The van der Waals surface area contributed by atoms with Crippen LogP contribution in [0.3, 0.4) is 0 Å². The lowest BCUT2D eigenvalue weighted by Gasteiger charge is -2.26. The Bertz CT molecular complexity index is 475. The molecule has 1 amide bonds. The van der Waals surface area contributed by atoms with Crippen molar-refractivity contribution in [1.82, 2.24) is 5.32 Å². The molecule has 2 N–H and O–H groups in total. The second-order valence-electron chi connectivity index (χ2n) is 5.67. The average molecular weight is 328 g/mol. The lowest BCUT2D eigenvalue weighted by molar-refractivity contribution is -0.121. The molecule has 3 nitrogen and oxygen atoms in total. The topological polar surface area (TPSA) is 49.3 Å². The van der Waals surface area contributed by atoms with E-state index < -0.39 is 0 Å². The molecule has 0 spiro atoms. The number of nitrogens with one attached hydrogen (secondary N) is 1. The van der Waals surface area contributed by atoms with Crippen molar-refractivity contribution in [3.8, 4) is 0 Å². The molecule has 1 aliphatic carbocycles. The summed E-state index contributed by atoms with van der Waals surface area (Å²) in [6, 6.07) is 7.66. The fourth-order valence-corrected chi connectivity index (χ4v) is 3.89. The molecular weight excluding hydrogens is 306 g/mol. The van der Waals surface area contributed by atoms with Crippen LogP contribution in [0.1, 0.15) is 32.1 Å². The summed E-state index contributed by atoms with van der Waals surface area (Å²) in [5.41, 5.74) is -0.0778. The highest BCUT2D eigenvalue weighted by atomic mass is 35.5. The molecule has 1 aliphatic rings. The number of thioether (sulfide) groups is 1. The highest BCUT2D eigenvalue weighted by molar-refractivity contribution is 7.99. The van der Waals surface area contributed by atoms with Crippen LogP contribution in [0.15, 0.2) is 29.2 Å². The number of hydrogen-bond acceptors (Lipinski definition) is 3. The van der Waals surface area contributed by atoms with Crippen molar-refractivity contribution in [2.24, 2.45) is 5.41 Å². The molecule has 0 bridgehead atoms. The van der Waals surface area contributed by atoms with Gasteiger partial charge < -0.3 is 10.4 Å². The van der Waals surface area contributed by atoms with Crippen molar-refractivity contribution < 1.29 is 9.90 Å². The van der Waals surface area contributed by atoms with Crippen molar-refractivity contribution in [2.45, 2.75) is 37.0 Å². The molecule has 0 heterocycles. The van der Waals surface area contributed by atoms with Gasteiger partial charge in [-0.2, -0.15) is 0 Å². The van der Waals surface area contributed by atoms with Crippen LogP contribution in [0, 0.1) is 5.41 Å². The Balaban J connectivity index is 1.69. The maximum Gasteiger partial charge on any atom is 0.220 e. The first kappa shape index (κ1) is 16.7. The van der Waals surface area contributed by atoms with Gasteiger partial charge >= 0.3 is 0 Å². The maximum atomic E-state index is 11.9. The quantitative estimate of drug-likeness (QED) is 0.754. The van der Waals surface area contributed by atoms with Crippen LogP contribution in [0.4, 0.5) is 0 Å². The summed E-state index contributed by atoms with van der Waals surface area (Å²) in [6.45, 7) is 0.765. The van der Waals surface area contributed by atoms with Crippen LogP contribution in [-0.2, 0) is 4.79 Å². The Morgan fingerprint density at radius 1 is 1.33 bits per heavy atom. The van der Waals surface area contributed by atoms with Crippen molar-refractivity contribution in [1.29, 1.82) is 0 Å². The Hall–Kier alpha value is -0.710. The molecule has 1 aromatic rings. The van der Waals surface area contributed by atoms with E-state index in [2.05, 4.69) is 5.32 Å². The Morgan fingerprint density at radius 2 is 2.05 bits per heavy atom. The highest BCUT2D eigenvalue weighted by Crippen LogP contribution is 2.36. The van der Waals surface area contributed by atoms with E-state index in [1.807, 2.05) is 24.3 Å². The average Bonchev–Trinajstić information content (AvgIpc) is 2.97. The lowest BCUT2D eigenvalue weighted by atomic mass is 9.87. The molecule has 21 heavy (non-hydrogen) atoms. The zero-order valence-corrected chi connectivity index (χ0v) is 13.7. The number of aliphatic hydroxyl groups is 1. The third-order valence-electron chi connectivity index (χ3n) is 4.08. The molecule has 1 saturated carbocycles. The molecule has 0 saturated heterocycles. The van der Waals surface area contributed by atoms with Crippen LogP contribution < -0.4 is 5.32 Å². The van der Waals surface area contributed by atoms with Gasteiger partial charge in [0.25, 0.3) is 0 Å². The molecule has 0 aliphatic heterocycles. The number of aliphatic hydroxyl groups excluding tert-OH is 1. The minimum atomic E-state index is -0.0778. The van der Waals surface area contributed by atoms with E-state index in [1.165, 1.54) is 0 Å². The SMILES string of the molecule is O=C(CCSc1ccccc1Cl)NCC1(CO)CCCC1. The predicted molar refractivity (Wildman–Crippen MR) is 87.8 cm³/mol. The van der Waals surface area contributed by atoms with Crippen LogP contribution >= 0.6 is 23.4 Å². The summed E-state index contributed by atoms with van der Waals surface area (Å²) in [5.74, 6) is 0.760. The van der Waals surface area contributed by atoms with Crippen molar-refractivity contribution in [2.75, 3.05) is 18.9 Å². The minimum absolute atomic E-state index is 0.0503. The monoisotopic (exact) mass is 327 g/mol. The van der Waals surface area contributed by atoms with Crippen LogP contribution in [0.25, 0.3) is 0 Å². The standard InChI is InChI=1S/C16H22ClNO2S/c17-13-5-1-2-6-14(13)21-10-7-15(20)18-11-16(12-19)8-3-4-9-16/h1-2,5-6,19H,3-4,7-12H2,(H,18,20). The molecule has 116 valence electrons. The first-order valence-electron chi connectivity index (χ1n) is 7.40. The first-order chi connectivity index (χ1) is 10.2. The zero-order valence-electron chi connectivity index (χ0n) is 12.1. The molecule has 0 aromatic heterocycles. The van der Waals surface area contributed by atoms with Gasteiger partial charge in [0, 0.05) is 29.0 Å². The van der Waals surface area contributed by atoms with Crippen LogP contribution in [-0.4, -0.2) is 29.9 Å².